The van der Waals surface area contributed by atoms with E-state index in [-0.39, 0.29) is 11.8 Å². The molecule has 1 aliphatic rings. The Kier molecular flexibility index (Phi) is 6.10. The smallest absolute Gasteiger partial charge is 0.307 e. The van der Waals surface area contributed by atoms with Crippen molar-refractivity contribution >= 4 is 5.97 Å². The predicted octanol–water partition coefficient (Wildman–Crippen LogP) is 4.40. The molecule has 1 aliphatic heterocycles. The SMILES string of the molecule is CC(C)Cc1cccc(-c2cccc(CC(C(=O)O)C3CCNC3)c2)c1. The summed E-state index contributed by atoms with van der Waals surface area (Å²) in [4.78, 5) is 11.8. The number of carboxylic acids is 1. The van der Waals surface area contributed by atoms with Crippen LogP contribution in [0.4, 0.5) is 0 Å². The molecule has 26 heavy (non-hydrogen) atoms. The molecule has 0 aliphatic carbocycles. The third-order valence-electron chi connectivity index (χ3n) is 5.27. The molecule has 0 amide bonds. The van der Waals surface area contributed by atoms with Crippen molar-refractivity contribution in [2.75, 3.05) is 13.1 Å². The van der Waals surface area contributed by atoms with Crippen LogP contribution < -0.4 is 5.32 Å². The van der Waals surface area contributed by atoms with E-state index in [1.54, 1.807) is 0 Å². The summed E-state index contributed by atoms with van der Waals surface area (Å²) in [6.07, 6.45) is 2.62. The topological polar surface area (TPSA) is 49.3 Å². The van der Waals surface area contributed by atoms with Gasteiger partial charge in [0, 0.05) is 0 Å². The summed E-state index contributed by atoms with van der Waals surface area (Å²) < 4.78 is 0. The summed E-state index contributed by atoms with van der Waals surface area (Å²) in [5.41, 5.74) is 4.83. The van der Waals surface area contributed by atoms with Crippen molar-refractivity contribution in [1.29, 1.82) is 0 Å². The maximum atomic E-state index is 11.8. The first kappa shape index (κ1) is 18.7. The number of hydrogen-bond donors (Lipinski definition) is 2. The van der Waals surface area contributed by atoms with Crippen LogP contribution in [0.1, 0.15) is 31.4 Å². The van der Waals surface area contributed by atoms with Crippen molar-refractivity contribution < 1.29 is 9.90 Å². The average molecular weight is 351 g/mol. The van der Waals surface area contributed by atoms with E-state index < -0.39 is 5.97 Å². The van der Waals surface area contributed by atoms with E-state index >= 15 is 0 Å². The molecule has 2 unspecified atom stereocenters. The lowest BCUT2D eigenvalue weighted by atomic mass is 9.85. The van der Waals surface area contributed by atoms with Gasteiger partial charge in [0.15, 0.2) is 0 Å². The fraction of sp³-hybridized carbons (Fsp3) is 0.435. The third kappa shape index (κ3) is 4.73. The van der Waals surface area contributed by atoms with E-state index in [4.69, 9.17) is 0 Å². The number of rotatable bonds is 7. The summed E-state index contributed by atoms with van der Waals surface area (Å²) in [6, 6.07) is 17.1. The Balaban J connectivity index is 1.80. The lowest BCUT2D eigenvalue weighted by Gasteiger charge is -2.19. The minimum atomic E-state index is -0.678. The van der Waals surface area contributed by atoms with Gasteiger partial charge >= 0.3 is 5.97 Å². The van der Waals surface area contributed by atoms with Crippen molar-refractivity contribution in [2.24, 2.45) is 17.8 Å². The molecule has 3 nitrogen and oxygen atoms in total. The maximum absolute atomic E-state index is 11.8. The second-order valence-electron chi connectivity index (χ2n) is 7.90. The number of carboxylic acid groups (broad SMARTS) is 1. The molecule has 0 radical (unpaired) electrons. The molecular formula is C23H29NO2. The van der Waals surface area contributed by atoms with Crippen LogP contribution in [0.15, 0.2) is 48.5 Å². The zero-order valence-corrected chi connectivity index (χ0v) is 15.7. The maximum Gasteiger partial charge on any atom is 0.307 e. The number of benzene rings is 2. The van der Waals surface area contributed by atoms with Gasteiger partial charge in [-0.1, -0.05) is 62.4 Å². The summed E-state index contributed by atoms with van der Waals surface area (Å²) in [7, 11) is 0. The van der Waals surface area contributed by atoms with E-state index in [0.29, 0.717) is 12.3 Å². The molecular weight excluding hydrogens is 322 g/mol. The molecule has 2 aromatic rings. The Morgan fingerprint density at radius 3 is 2.19 bits per heavy atom. The lowest BCUT2D eigenvalue weighted by molar-refractivity contribution is -0.143. The Hall–Kier alpha value is -2.13. The molecule has 0 aromatic heterocycles. The quantitative estimate of drug-likeness (QED) is 0.777. The first-order chi connectivity index (χ1) is 12.5. The summed E-state index contributed by atoms with van der Waals surface area (Å²) in [5.74, 6) is -0.131. The number of nitrogens with one attached hydrogen (secondary N) is 1. The van der Waals surface area contributed by atoms with E-state index in [0.717, 1.165) is 31.5 Å². The van der Waals surface area contributed by atoms with Crippen molar-refractivity contribution in [3.63, 3.8) is 0 Å². The highest BCUT2D eigenvalue weighted by Gasteiger charge is 2.30. The highest BCUT2D eigenvalue weighted by Crippen LogP contribution is 2.27. The molecule has 1 fully saturated rings. The monoisotopic (exact) mass is 351 g/mol. The van der Waals surface area contributed by atoms with Crippen LogP contribution in [0, 0.1) is 17.8 Å². The molecule has 1 heterocycles. The third-order valence-corrected chi connectivity index (χ3v) is 5.27. The summed E-state index contributed by atoms with van der Waals surface area (Å²) >= 11 is 0. The number of hydrogen-bond acceptors (Lipinski definition) is 2. The van der Waals surface area contributed by atoms with Gasteiger partial charge in [-0.2, -0.15) is 0 Å². The Bertz CT molecular complexity index is 747. The Morgan fingerprint density at radius 1 is 1.08 bits per heavy atom. The first-order valence-corrected chi connectivity index (χ1v) is 9.64. The summed E-state index contributed by atoms with van der Waals surface area (Å²) in [5, 5.41) is 13.0. The van der Waals surface area contributed by atoms with Crippen LogP contribution in [-0.2, 0) is 17.6 Å². The molecule has 0 saturated carbocycles. The van der Waals surface area contributed by atoms with Crippen molar-refractivity contribution in [3.05, 3.63) is 59.7 Å². The molecule has 3 rings (SSSR count). The zero-order chi connectivity index (χ0) is 18.5. The standard InChI is InChI=1S/C23H29NO2/c1-16(2)11-17-5-3-7-19(12-17)20-8-4-6-18(13-20)14-22(23(25)26)21-9-10-24-15-21/h3-8,12-13,16,21-22,24H,9-11,14-15H2,1-2H3,(H,25,26). The van der Waals surface area contributed by atoms with Crippen LogP contribution in [0.2, 0.25) is 0 Å². The normalized spacial score (nSPS) is 18.2. The second kappa shape index (κ2) is 8.50. The van der Waals surface area contributed by atoms with Gasteiger partial charge in [-0.3, -0.25) is 4.79 Å². The largest absolute Gasteiger partial charge is 0.481 e. The Labute approximate surface area is 156 Å². The second-order valence-corrected chi connectivity index (χ2v) is 7.90. The van der Waals surface area contributed by atoms with Crippen molar-refractivity contribution in [1.82, 2.24) is 5.32 Å². The molecule has 3 heteroatoms. The van der Waals surface area contributed by atoms with E-state index in [1.807, 2.05) is 6.07 Å². The molecule has 2 N–H and O–H groups in total. The molecule has 2 atom stereocenters. The van der Waals surface area contributed by atoms with Gasteiger partial charge in [-0.05, 0) is 66.4 Å². The molecule has 1 saturated heterocycles. The van der Waals surface area contributed by atoms with Gasteiger partial charge in [-0.25, -0.2) is 0 Å². The fourth-order valence-corrected chi connectivity index (χ4v) is 3.96. The number of aliphatic carboxylic acids is 1. The minimum absolute atomic E-state index is 0.227. The van der Waals surface area contributed by atoms with Gasteiger partial charge in [0.1, 0.15) is 0 Å². The van der Waals surface area contributed by atoms with Crippen LogP contribution in [0.25, 0.3) is 11.1 Å². The van der Waals surface area contributed by atoms with Crippen LogP contribution >= 0.6 is 0 Å². The van der Waals surface area contributed by atoms with Crippen molar-refractivity contribution in [3.8, 4) is 11.1 Å². The van der Waals surface area contributed by atoms with Crippen LogP contribution in [-0.4, -0.2) is 24.2 Å². The highest BCUT2D eigenvalue weighted by atomic mass is 16.4. The van der Waals surface area contributed by atoms with E-state index in [2.05, 4.69) is 61.6 Å². The highest BCUT2D eigenvalue weighted by molar-refractivity contribution is 5.71. The van der Waals surface area contributed by atoms with Gasteiger partial charge in [0.05, 0.1) is 5.92 Å². The average Bonchev–Trinajstić information content (AvgIpc) is 3.13. The minimum Gasteiger partial charge on any atom is -0.481 e. The van der Waals surface area contributed by atoms with E-state index in [1.165, 1.54) is 16.7 Å². The molecule has 2 aromatic carbocycles. The predicted molar refractivity (Wildman–Crippen MR) is 106 cm³/mol. The van der Waals surface area contributed by atoms with Crippen LogP contribution in [0.3, 0.4) is 0 Å². The molecule has 0 bridgehead atoms. The molecule has 138 valence electrons. The van der Waals surface area contributed by atoms with Crippen molar-refractivity contribution in [2.45, 2.75) is 33.1 Å². The molecule has 0 spiro atoms. The van der Waals surface area contributed by atoms with Gasteiger partial charge in [0.2, 0.25) is 0 Å². The first-order valence-electron chi connectivity index (χ1n) is 9.64. The zero-order valence-electron chi connectivity index (χ0n) is 15.7. The summed E-state index contributed by atoms with van der Waals surface area (Å²) in [6.45, 7) is 6.21. The Morgan fingerprint density at radius 2 is 1.69 bits per heavy atom. The lowest BCUT2D eigenvalue weighted by Crippen LogP contribution is -2.27. The van der Waals surface area contributed by atoms with Gasteiger partial charge in [-0.15, -0.1) is 0 Å². The fourth-order valence-electron chi connectivity index (χ4n) is 3.96. The van der Waals surface area contributed by atoms with Crippen LogP contribution in [0.5, 0.6) is 0 Å². The number of carbonyl (C=O) groups is 1. The van der Waals surface area contributed by atoms with Gasteiger partial charge in [0.25, 0.3) is 0 Å². The van der Waals surface area contributed by atoms with Gasteiger partial charge < -0.3 is 10.4 Å². The van der Waals surface area contributed by atoms with E-state index in [9.17, 15) is 9.90 Å².